The summed E-state index contributed by atoms with van der Waals surface area (Å²) < 4.78 is 5.37. The van der Waals surface area contributed by atoms with Gasteiger partial charge in [-0.25, -0.2) is 4.98 Å². The molecule has 6 heteroatoms. The van der Waals surface area contributed by atoms with Crippen LogP contribution in [0.3, 0.4) is 0 Å². The lowest BCUT2D eigenvalue weighted by atomic mass is 10.1. The van der Waals surface area contributed by atoms with E-state index in [9.17, 15) is 4.79 Å². The molecular weight excluding hydrogens is 322 g/mol. The average Bonchev–Trinajstić information content (AvgIpc) is 3.33. The van der Waals surface area contributed by atoms with Crippen molar-refractivity contribution in [3.8, 4) is 0 Å². The van der Waals surface area contributed by atoms with Crippen LogP contribution in [0.4, 0.5) is 5.82 Å². The highest BCUT2D eigenvalue weighted by molar-refractivity contribution is 7.08. The second-order valence-electron chi connectivity index (χ2n) is 6.22. The van der Waals surface area contributed by atoms with Gasteiger partial charge in [-0.15, -0.1) is 0 Å². The normalized spacial score (nSPS) is 21.2. The lowest BCUT2D eigenvalue weighted by Crippen LogP contribution is -2.36. The largest absolute Gasteiger partial charge is 0.378 e. The highest BCUT2D eigenvalue weighted by Crippen LogP contribution is 2.34. The molecule has 0 aromatic carbocycles. The molecule has 2 aliphatic rings. The third-order valence-corrected chi connectivity index (χ3v) is 5.47. The number of rotatable bonds is 3. The van der Waals surface area contributed by atoms with Crippen LogP contribution in [0.5, 0.6) is 0 Å². The number of carbonyl (C=O) groups excluding carboxylic acids is 1. The standard InChI is InChI=1S/C18H21N3O2S/c22-18(21-6-1-2-16(21)15-5-11-24-13-15)14-3-4-17(19-12-14)20-7-9-23-10-8-20/h3-5,11-13,16H,1-2,6-10H2. The van der Waals surface area contributed by atoms with Gasteiger partial charge in [-0.1, -0.05) is 0 Å². The summed E-state index contributed by atoms with van der Waals surface area (Å²) in [5.74, 6) is 1.01. The fourth-order valence-corrected chi connectivity index (χ4v) is 4.19. The first kappa shape index (κ1) is 15.6. The number of amides is 1. The minimum Gasteiger partial charge on any atom is -0.378 e. The van der Waals surface area contributed by atoms with E-state index >= 15 is 0 Å². The monoisotopic (exact) mass is 343 g/mol. The predicted octanol–water partition coefficient (Wildman–Crippen LogP) is 2.96. The first-order valence-corrected chi connectivity index (χ1v) is 9.39. The molecule has 1 unspecified atom stereocenters. The summed E-state index contributed by atoms with van der Waals surface area (Å²) in [5.41, 5.74) is 1.93. The highest BCUT2D eigenvalue weighted by Gasteiger charge is 2.31. The van der Waals surface area contributed by atoms with Crippen LogP contribution in [-0.4, -0.2) is 48.6 Å². The molecule has 2 aromatic heterocycles. The van der Waals surface area contributed by atoms with Gasteiger partial charge in [0.1, 0.15) is 5.82 Å². The van der Waals surface area contributed by atoms with Crippen molar-refractivity contribution in [1.82, 2.24) is 9.88 Å². The number of nitrogens with zero attached hydrogens (tertiary/aromatic N) is 3. The number of likely N-dealkylation sites (tertiary alicyclic amines) is 1. The second kappa shape index (κ2) is 6.91. The maximum atomic E-state index is 12.9. The van der Waals surface area contributed by atoms with Crippen molar-refractivity contribution < 1.29 is 9.53 Å². The molecule has 0 spiro atoms. The first-order chi connectivity index (χ1) is 11.8. The zero-order valence-electron chi connectivity index (χ0n) is 13.6. The van der Waals surface area contributed by atoms with E-state index in [1.807, 2.05) is 17.0 Å². The van der Waals surface area contributed by atoms with Gasteiger partial charge in [0.05, 0.1) is 24.8 Å². The van der Waals surface area contributed by atoms with Gasteiger partial charge in [0, 0.05) is 25.8 Å². The van der Waals surface area contributed by atoms with Crippen LogP contribution in [-0.2, 0) is 4.74 Å². The molecule has 4 rings (SSSR count). The summed E-state index contributed by atoms with van der Waals surface area (Å²) in [4.78, 5) is 21.6. The Hall–Kier alpha value is -1.92. The number of hydrogen-bond acceptors (Lipinski definition) is 5. The van der Waals surface area contributed by atoms with Crippen molar-refractivity contribution in [1.29, 1.82) is 0 Å². The Balaban J connectivity index is 1.49. The van der Waals surface area contributed by atoms with E-state index < -0.39 is 0 Å². The first-order valence-electron chi connectivity index (χ1n) is 8.45. The number of ether oxygens (including phenoxy) is 1. The van der Waals surface area contributed by atoms with E-state index in [1.54, 1.807) is 17.5 Å². The summed E-state index contributed by atoms with van der Waals surface area (Å²) in [6, 6.07) is 6.19. The fraction of sp³-hybridized carbons (Fsp3) is 0.444. The molecule has 1 amide bonds. The second-order valence-corrected chi connectivity index (χ2v) is 7.00. The van der Waals surface area contributed by atoms with Crippen LogP contribution >= 0.6 is 11.3 Å². The topological polar surface area (TPSA) is 45.7 Å². The molecule has 2 aliphatic heterocycles. The minimum atomic E-state index is 0.0877. The molecule has 0 N–H and O–H groups in total. The predicted molar refractivity (Wildman–Crippen MR) is 94.6 cm³/mol. The molecule has 2 aromatic rings. The Labute approximate surface area is 145 Å². The van der Waals surface area contributed by atoms with Gasteiger partial charge in [0.15, 0.2) is 0 Å². The van der Waals surface area contributed by atoms with Gasteiger partial charge in [-0.2, -0.15) is 11.3 Å². The SMILES string of the molecule is O=C(c1ccc(N2CCOCC2)nc1)N1CCCC1c1ccsc1. The molecule has 0 saturated carbocycles. The Morgan fingerprint density at radius 2 is 2.08 bits per heavy atom. The van der Waals surface area contributed by atoms with Crippen molar-refractivity contribution in [2.45, 2.75) is 18.9 Å². The van der Waals surface area contributed by atoms with E-state index in [2.05, 4.69) is 26.7 Å². The molecule has 2 saturated heterocycles. The lowest BCUT2D eigenvalue weighted by Gasteiger charge is -2.28. The summed E-state index contributed by atoms with van der Waals surface area (Å²) in [5, 5.41) is 4.23. The smallest absolute Gasteiger partial charge is 0.255 e. The van der Waals surface area contributed by atoms with Gasteiger partial charge in [-0.3, -0.25) is 4.79 Å². The molecule has 24 heavy (non-hydrogen) atoms. The molecule has 4 heterocycles. The molecule has 0 radical (unpaired) electrons. The molecule has 126 valence electrons. The number of thiophene rings is 1. The quantitative estimate of drug-likeness (QED) is 0.860. The highest BCUT2D eigenvalue weighted by atomic mass is 32.1. The third-order valence-electron chi connectivity index (χ3n) is 4.77. The van der Waals surface area contributed by atoms with Gasteiger partial charge in [0.2, 0.25) is 0 Å². The number of anilines is 1. The van der Waals surface area contributed by atoms with Crippen LogP contribution in [0.1, 0.15) is 34.8 Å². The number of pyridine rings is 1. The lowest BCUT2D eigenvalue weighted by molar-refractivity contribution is 0.0735. The summed E-state index contributed by atoms with van der Waals surface area (Å²) in [6.07, 6.45) is 3.82. The van der Waals surface area contributed by atoms with E-state index in [0.717, 1.165) is 51.5 Å². The average molecular weight is 343 g/mol. The molecule has 2 fully saturated rings. The minimum absolute atomic E-state index is 0.0877. The summed E-state index contributed by atoms with van der Waals surface area (Å²) in [7, 11) is 0. The van der Waals surface area contributed by atoms with E-state index in [-0.39, 0.29) is 11.9 Å². The van der Waals surface area contributed by atoms with Gasteiger partial charge in [-0.05, 0) is 47.4 Å². The Morgan fingerprint density at radius 1 is 1.21 bits per heavy atom. The van der Waals surface area contributed by atoms with Crippen LogP contribution in [0.2, 0.25) is 0 Å². The number of aromatic nitrogens is 1. The van der Waals surface area contributed by atoms with Crippen molar-refractivity contribution in [3.05, 3.63) is 46.3 Å². The van der Waals surface area contributed by atoms with E-state index in [1.165, 1.54) is 5.56 Å². The van der Waals surface area contributed by atoms with E-state index in [4.69, 9.17) is 4.74 Å². The number of carbonyl (C=O) groups is 1. The number of hydrogen-bond donors (Lipinski definition) is 0. The van der Waals surface area contributed by atoms with Crippen LogP contribution in [0.15, 0.2) is 35.2 Å². The van der Waals surface area contributed by atoms with Crippen molar-refractivity contribution in [2.75, 3.05) is 37.7 Å². The maximum absolute atomic E-state index is 12.9. The van der Waals surface area contributed by atoms with Gasteiger partial charge >= 0.3 is 0 Å². The van der Waals surface area contributed by atoms with Gasteiger partial charge in [0.25, 0.3) is 5.91 Å². The van der Waals surface area contributed by atoms with Crippen LogP contribution in [0, 0.1) is 0 Å². The van der Waals surface area contributed by atoms with Crippen molar-refractivity contribution in [2.24, 2.45) is 0 Å². The van der Waals surface area contributed by atoms with Crippen molar-refractivity contribution >= 4 is 23.1 Å². The summed E-state index contributed by atoms with van der Waals surface area (Å²) in [6.45, 7) is 4.00. The van der Waals surface area contributed by atoms with Crippen LogP contribution in [0.25, 0.3) is 0 Å². The van der Waals surface area contributed by atoms with E-state index in [0.29, 0.717) is 5.56 Å². The maximum Gasteiger partial charge on any atom is 0.255 e. The molecule has 0 aliphatic carbocycles. The molecule has 0 bridgehead atoms. The fourth-order valence-electron chi connectivity index (χ4n) is 3.48. The Morgan fingerprint density at radius 3 is 2.79 bits per heavy atom. The zero-order chi connectivity index (χ0) is 16.4. The van der Waals surface area contributed by atoms with Crippen LogP contribution < -0.4 is 4.90 Å². The third kappa shape index (κ3) is 3.03. The molecular formula is C18H21N3O2S. The van der Waals surface area contributed by atoms with Gasteiger partial charge < -0.3 is 14.5 Å². The Kier molecular flexibility index (Phi) is 4.49. The van der Waals surface area contributed by atoms with Crippen molar-refractivity contribution in [3.63, 3.8) is 0 Å². The number of morpholine rings is 1. The molecule has 5 nitrogen and oxygen atoms in total. The molecule has 1 atom stereocenters. The summed E-state index contributed by atoms with van der Waals surface area (Å²) >= 11 is 1.69. The zero-order valence-corrected chi connectivity index (χ0v) is 14.4. The Bertz CT molecular complexity index is 681.